The predicted octanol–water partition coefficient (Wildman–Crippen LogP) is 4.29. The molecule has 10 heteroatoms. The first-order valence-electron chi connectivity index (χ1n) is 11.4. The van der Waals surface area contributed by atoms with Crippen LogP contribution in [-0.4, -0.2) is 46.2 Å². The summed E-state index contributed by atoms with van der Waals surface area (Å²) in [6.07, 6.45) is 5.05. The van der Waals surface area contributed by atoms with Crippen LogP contribution in [-0.2, 0) is 22.9 Å². The maximum absolute atomic E-state index is 13.7. The van der Waals surface area contributed by atoms with E-state index in [0.717, 1.165) is 27.8 Å². The van der Waals surface area contributed by atoms with Crippen LogP contribution in [0.5, 0.6) is 5.75 Å². The Morgan fingerprint density at radius 1 is 0.972 bits per heavy atom. The number of hydrogen-bond acceptors (Lipinski definition) is 5. The zero-order chi connectivity index (χ0) is 25.4. The molecule has 0 aliphatic heterocycles. The monoisotopic (exact) mass is 524 g/mol. The number of aryl methyl sites for hydroxylation is 1. The van der Waals surface area contributed by atoms with Crippen LogP contribution in [0.25, 0.3) is 27.6 Å². The van der Waals surface area contributed by atoms with Gasteiger partial charge in [0.1, 0.15) is 15.6 Å². The van der Waals surface area contributed by atoms with Gasteiger partial charge in [-0.05, 0) is 61.0 Å². The first-order chi connectivity index (χ1) is 17.2. The van der Waals surface area contributed by atoms with Crippen LogP contribution >= 0.6 is 11.6 Å². The molecule has 0 amide bonds. The van der Waals surface area contributed by atoms with Crippen molar-refractivity contribution < 1.29 is 13.2 Å². The van der Waals surface area contributed by atoms with E-state index in [2.05, 4.69) is 9.55 Å². The van der Waals surface area contributed by atoms with Gasteiger partial charge in [0.25, 0.3) is 0 Å². The van der Waals surface area contributed by atoms with Crippen LogP contribution < -0.4 is 10.4 Å². The largest absolute Gasteiger partial charge is 0.497 e. The Morgan fingerprint density at radius 3 is 2.47 bits per heavy atom. The van der Waals surface area contributed by atoms with E-state index in [4.69, 9.17) is 16.3 Å². The standard InChI is InChI=1S/C26H25ClN4O4S/c1-35-22-7-5-20(6-8-22)31-24-10-11-28-16-25(24)30(26(31)32)17-21-15-18-14-19(27)4-9-23(18)29(21)12-3-13-36(2,33)34/h4-11,14-16H,3,12-13,17H2,1-2H3. The SMILES string of the molecule is COc1ccc(-n2c(=O)n(Cc3cc4cc(Cl)ccc4n3CCCS(C)(=O)=O)c3cnccc32)cc1. The summed E-state index contributed by atoms with van der Waals surface area (Å²) in [5, 5.41) is 1.54. The number of ether oxygens (including phenoxy) is 1. The quantitative estimate of drug-likeness (QED) is 0.302. The van der Waals surface area contributed by atoms with Gasteiger partial charge < -0.3 is 9.30 Å². The molecule has 0 spiro atoms. The van der Waals surface area contributed by atoms with E-state index in [1.807, 2.05) is 54.6 Å². The van der Waals surface area contributed by atoms with Crippen molar-refractivity contribution in [3.05, 3.63) is 88.2 Å². The molecule has 0 saturated heterocycles. The van der Waals surface area contributed by atoms with Crippen LogP contribution in [0.15, 0.2) is 71.8 Å². The third-order valence-electron chi connectivity index (χ3n) is 6.23. The summed E-state index contributed by atoms with van der Waals surface area (Å²) in [7, 11) is -1.49. The molecule has 0 radical (unpaired) electrons. The van der Waals surface area contributed by atoms with Crippen LogP contribution in [0.4, 0.5) is 0 Å². The zero-order valence-electron chi connectivity index (χ0n) is 19.9. The molecule has 0 fully saturated rings. The summed E-state index contributed by atoms with van der Waals surface area (Å²) in [4.78, 5) is 18.0. The molecule has 3 aromatic heterocycles. The highest BCUT2D eigenvalue weighted by atomic mass is 35.5. The van der Waals surface area contributed by atoms with E-state index in [0.29, 0.717) is 29.3 Å². The second-order valence-electron chi connectivity index (χ2n) is 8.74. The zero-order valence-corrected chi connectivity index (χ0v) is 21.5. The molecule has 186 valence electrons. The first kappa shape index (κ1) is 24.1. The molecule has 0 bridgehead atoms. The lowest BCUT2D eigenvalue weighted by molar-refractivity contribution is 0.414. The molecule has 0 saturated carbocycles. The minimum absolute atomic E-state index is 0.0837. The summed E-state index contributed by atoms with van der Waals surface area (Å²) >= 11 is 6.24. The molecule has 0 aliphatic carbocycles. The number of rotatable bonds is 8. The van der Waals surface area contributed by atoms with Crippen LogP contribution in [0.3, 0.4) is 0 Å². The van der Waals surface area contributed by atoms with Crippen molar-refractivity contribution >= 4 is 43.4 Å². The molecule has 2 aromatic carbocycles. The topological polar surface area (TPSA) is 88.1 Å². The minimum atomic E-state index is -3.09. The van der Waals surface area contributed by atoms with Gasteiger partial charge in [0.15, 0.2) is 0 Å². The van der Waals surface area contributed by atoms with Crippen molar-refractivity contribution in [3.63, 3.8) is 0 Å². The third kappa shape index (κ3) is 4.64. The van der Waals surface area contributed by atoms with Crippen molar-refractivity contribution in [2.45, 2.75) is 19.5 Å². The lowest BCUT2D eigenvalue weighted by Crippen LogP contribution is -2.24. The van der Waals surface area contributed by atoms with Gasteiger partial charge in [0.05, 0.1) is 42.3 Å². The van der Waals surface area contributed by atoms with Gasteiger partial charge in [-0.1, -0.05) is 11.6 Å². The number of pyridine rings is 1. The van der Waals surface area contributed by atoms with Crippen molar-refractivity contribution in [1.82, 2.24) is 18.7 Å². The molecule has 36 heavy (non-hydrogen) atoms. The normalized spacial score (nSPS) is 12.0. The number of benzene rings is 2. The molecule has 0 N–H and O–H groups in total. The summed E-state index contributed by atoms with van der Waals surface area (Å²) in [5.74, 6) is 0.787. The summed E-state index contributed by atoms with van der Waals surface area (Å²) in [6, 6.07) is 16.7. The lowest BCUT2D eigenvalue weighted by Gasteiger charge is -2.11. The Labute approximate surface area is 213 Å². The van der Waals surface area contributed by atoms with Gasteiger partial charge in [0, 0.05) is 40.6 Å². The number of hydrogen-bond donors (Lipinski definition) is 0. The average molecular weight is 525 g/mol. The maximum Gasteiger partial charge on any atom is 0.334 e. The number of nitrogens with zero attached hydrogens (tertiary/aromatic N) is 4. The van der Waals surface area contributed by atoms with Gasteiger partial charge in [-0.15, -0.1) is 0 Å². The van der Waals surface area contributed by atoms with Crippen molar-refractivity contribution in [2.24, 2.45) is 0 Å². The van der Waals surface area contributed by atoms with Crippen LogP contribution in [0, 0.1) is 0 Å². The molecular weight excluding hydrogens is 500 g/mol. The molecule has 8 nitrogen and oxygen atoms in total. The van der Waals surface area contributed by atoms with Gasteiger partial charge in [-0.3, -0.25) is 14.1 Å². The fourth-order valence-electron chi connectivity index (χ4n) is 4.58. The van der Waals surface area contributed by atoms with E-state index in [-0.39, 0.29) is 18.0 Å². The summed E-state index contributed by atoms with van der Waals surface area (Å²) < 4.78 is 34.1. The van der Waals surface area contributed by atoms with Gasteiger partial charge in [0.2, 0.25) is 0 Å². The molecule has 0 aliphatic rings. The summed E-state index contributed by atoms with van der Waals surface area (Å²) in [5.41, 5.74) is 3.77. The summed E-state index contributed by atoms with van der Waals surface area (Å²) in [6.45, 7) is 0.785. The number of halogens is 1. The Morgan fingerprint density at radius 2 is 1.75 bits per heavy atom. The van der Waals surface area contributed by atoms with Gasteiger partial charge in [-0.25, -0.2) is 13.2 Å². The molecule has 5 aromatic rings. The number of aromatic nitrogens is 4. The Hall–Kier alpha value is -3.56. The Balaban J connectivity index is 1.62. The van der Waals surface area contributed by atoms with Crippen molar-refractivity contribution in [2.75, 3.05) is 19.1 Å². The second-order valence-corrected chi connectivity index (χ2v) is 11.4. The number of imidazole rings is 1. The van der Waals surface area contributed by atoms with Crippen molar-refractivity contribution in [3.8, 4) is 11.4 Å². The van der Waals surface area contributed by atoms with E-state index in [1.165, 1.54) is 6.26 Å². The number of methoxy groups -OCH3 is 1. The molecule has 3 heterocycles. The van der Waals surface area contributed by atoms with E-state index in [1.54, 1.807) is 28.6 Å². The van der Waals surface area contributed by atoms with Crippen molar-refractivity contribution in [1.29, 1.82) is 0 Å². The number of sulfone groups is 1. The fraction of sp³-hybridized carbons (Fsp3) is 0.231. The van der Waals surface area contributed by atoms with E-state index in [9.17, 15) is 13.2 Å². The van der Waals surface area contributed by atoms with E-state index >= 15 is 0 Å². The highest BCUT2D eigenvalue weighted by Crippen LogP contribution is 2.26. The smallest absolute Gasteiger partial charge is 0.334 e. The Bertz CT molecular complexity index is 1730. The molecule has 5 rings (SSSR count). The number of fused-ring (bicyclic) bond motifs is 2. The first-order valence-corrected chi connectivity index (χ1v) is 13.8. The van der Waals surface area contributed by atoms with Gasteiger partial charge in [-0.2, -0.15) is 0 Å². The predicted molar refractivity (Wildman–Crippen MR) is 142 cm³/mol. The van der Waals surface area contributed by atoms with E-state index < -0.39 is 9.84 Å². The highest BCUT2D eigenvalue weighted by Gasteiger charge is 2.18. The van der Waals surface area contributed by atoms with Crippen LogP contribution in [0.1, 0.15) is 12.1 Å². The molecular formula is C26H25ClN4O4S. The minimum Gasteiger partial charge on any atom is -0.497 e. The third-order valence-corrected chi connectivity index (χ3v) is 7.49. The lowest BCUT2D eigenvalue weighted by atomic mass is 10.2. The van der Waals surface area contributed by atoms with Crippen LogP contribution in [0.2, 0.25) is 5.02 Å². The average Bonchev–Trinajstić information content (AvgIpc) is 3.32. The second kappa shape index (κ2) is 9.48. The molecule has 0 unspecified atom stereocenters. The Kier molecular flexibility index (Phi) is 6.36. The van der Waals surface area contributed by atoms with Gasteiger partial charge >= 0.3 is 5.69 Å². The highest BCUT2D eigenvalue weighted by molar-refractivity contribution is 7.90. The fourth-order valence-corrected chi connectivity index (χ4v) is 5.41. The maximum atomic E-state index is 13.7. The molecule has 0 atom stereocenters.